The lowest BCUT2D eigenvalue weighted by molar-refractivity contribution is 0.313. The van der Waals surface area contributed by atoms with E-state index in [-0.39, 0.29) is 5.82 Å². The van der Waals surface area contributed by atoms with Crippen LogP contribution in [0.15, 0.2) is 42.5 Å². The number of halogens is 2. The molecule has 22 heavy (non-hydrogen) atoms. The van der Waals surface area contributed by atoms with Gasteiger partial charge in [0.2, 0.25) is 0 Å². The Morgan fingerprint density at radius 1 is 1.14 bits per heavy atom. The Morgan fingerprint density at radius 2 is 1.91 bits per heavy atom. The summed E-state index contributed by atoms with van der Waals surface area (Å²) in [7, 11) is 0. The van der Waals surface area contributed by atoms with Crippen LogP contribution in [0.25, 0.3) is 0 Å². The van der Waals surface area contributed by atoms with E-state index in [0.717, 1.165) is 36.3 Å². The summed E-state index contributed by atoms with van der Waals surface area (Å²) in [6.45, 7) is 4.28. The van der Waals surface area contributed by atoms with Crippen LogP contribution in [0, 0.1) is 5.82 Å². The molecule has 4 heteroatoms. The molecular formula is C18H21ClFNO. The zero-order chi connectivity index (χ0) is 15.8. The lowest BCUT2D eigenvalue weighted by Gasteiger charge is -2.12. The highest BCUT2D eigenvalue weighted by Crippen LogP contribution is 2.23. The standard InChI is InChI=1S/C18H21ClFNO/c1-2-11-22-18-8-5-16(19)12-15(18)13-21-10-9-14-3-6-17(20)7-4-14/h3-8,12,21H,2,9-11,13H2,1H3. The third-order valence-corrected chi connectivity index (χ3v) is 3.54. The average Bonchev–Trinajstić information content (AvgIpc) is 2.52. The van der Waals surface area contributed by atoms with E-state index in [0.29, 0.717) is 18.2 Å². The fourth-order valence-electron chi connectivity index (χ4n) is 2.15. The number of benzene rings is 2. The summed E-state index contributed by atoms with van der Waals surface area (Å²) in [5, 5.41) is 4.08. The molecule has 2 aromatic carbocycles. The summed E-state index contributed by atoms with van der Waals surface area (Å²) >= 11 is 6.06. The molecule has 0 radical (unpaired) electrons. The number of hydrogen-bond donors (Lipinski definition) is 1. The molecule has 0 saturated heterocycles. The molecule has 0 spiro atoms. The van der Waals surface area contributed by atoms with Gasteiger partial charge in [-0.1, -0.05) is 30.7 Å². The third kappa shape index (κ3) is 5.32. The van der Waals surface area contributed by atoms with Crippen molar-refractivity contribution >= 4 is 11.6 Å². The highest BCUT2D eigenvalue weighted by atomic mass is 35.5. The minimum Gasteiger partial charge on any atom is -0.493 e. The topological polar surface area (TPSA) is 21.3 Å². The maximum Gasteiger partial charge on any atom is 0.123 e. The summed E-state index contributed by atoms with van der Waals surface area (Å²) in [5.41, 5.74) is 2.17. The molecule has 2 nitrogen and oxygen atoms in total. The quantitative estimate of drug-likeness (QED) is 0.717. The van der Waals surface area contributed by atoms with Crippen molar-refractivity contribution in [1.29, 1.82) is 0 Å². The van der Waals surface area contributed by atoms with Crippen LogP contribution in [0.5, 0.6) is 5.75 Å². The van der Waals surface area contributed by atoms with E-state index in [2.05, 4.69) is 12.2 Å². The summed E-state index contributed by atoms with van der Waals surface area (Å²) in [4.78, 5) is 0. The molecule has 0 bridgehead atoms. The Labute approximate surface area is 136 Å². The summed E-state index contributed by atoms with van der Waals surface area (Å²) in [5.74, 6) is 0.675. The third-order valence-electron chi connectivity index (χ3n) is 3.30. The van der Waals surface area contributed by atoms with E-state index in [1.54, 1.807) is 0 Å². The first kappa shape index (κ1) is 16.8. The van der Waals surface area contributed by atoms with Crippen LogP contribution in [0.1, 0.15) is 24.5 Å². The number of ether oxygens (including phenoxy) is 1. The van der Waals surface area contributed by atoms with E-state index < -0.39 is 0 Å². The van der Waals surface area contributed by atoms with Crippen LogP contribution < -0.4 is 10.1 Å². The van der Waals surface area contributed by atoms with Crippen molar-refractivity contribution in [3.05, 3.63) is 64.4 Å². The van der Waals surface area contributed by atoms with Crippen LogP contribution in [-0.2, 0) is 13.0 Å². The first-order valence-electron chi connectivity index (χ1n) is 7.55. The molecule has 0 aliphatic heterocycles. The van der Waals surface area contributed by atoms with Crippen molar-refractivity contribution in [2.75, 3.05) is 13.2 Å². The van der Waals surface area contributed by atoms with Crippen LogP contribution >= 0.6 is 11.6 Å². The molecule has 118 valence electrons. The van der Waals surface area contributed by atoms with Gasteiger partial charge in [-0.2, -0.15) is 0 Å². The Morgan fingerprint density at radius 3 is 2.64 bits per heavy atom. The first-order chi connectivity index (χ1) is 10.7. The lowest BCUT2D eigenvalue weighted by atomic mass is 10.1. The zero-order valence-electron chi connectivity index (χ0n) is 12.7. The van der Waals surface area contributed by atoms with Crippen molar-refractivity contribution in [3.63, 3.8) is 0 Å². The van der Waals surface area contributed by atoms with Gasteiger partial charge in [-0.05, 0) is 55.3 Å². The second kappa shape index (κ2) is 8.76. The van der Waals surface area contributed by atoms with Gasteiger partial charge in [0.1, 0.15) is 11.6 Å². The monoisotopic (exact) mass is 321 g/mol. The molecule has 0 unspecified atom stereocenters. The Kier molecular flexibility index (Phi) is 6.69. The molecule has 0 fully saturated rings. The second-order valence-corrected chi connectivity index (χ2v) is 5.59. The van der Waals surface area contributed by atoms with Gasteiger partial charge in [-0.3, -0.25) is 0 Å². The predicted octanol–water partition coefficient (Wildman–Crippen LogP) is 4.60. The SMILES string of the molecule is CCCOc1ccc(Cl)cc1CNCCc1ccc(F)cc1. The zero-order valence-corrected chi connectivity index (χ0v) is 13.5. The minimum absolute atomic E-state index is 0.201. The normalized spacial score (nSPS) is 10.7. The molecular weight excluding hydrogens is 301 g/mol. The van der Waals surface area contributed by atoms with Gasteiger partial charge in [0.15, 0.2) is 0 Å². The Bertz CT molecular complexity index is 586. The van der Waals surface area contributed by atoms with Gasteiger partial charge >= 0.3 is 0 Å². The predicted molar refractivity (Wildman–Crippen MR) is 89.0 cm³/mol. The van der Waals surface area contributed by atoms with E-state index in [1.807, 2.05) is 30.3 Å². The average molecular weight is 322 g/mol. The highest BCUT2D eigenvalue weighted by Gasteiger charge is 2.04. The fourth-order valence-corrected chi connectivity index (χ4v) is 2.34. The van der Waals surface area contributed by atoms with Gasteiger partial charge in [-0.25, -0.2) is 4.39 Å². The van der Waals surface area contributed by atoms with Gasteiger partial charge in [0, 0.05) is 17.1 Å². The molecule has 0 atom stereocenters. The van der Waals surface area contributed by atoms with Crippen molar-refractivity contribution in [1.82, 2.24) is 5.32 Å². The van der Waals surface area contributed by atoms with Crippen molar-refractivity contribution in [2.24, 2.45) is 0 Å². The van der Waals surface area contributed by atoms with Crippen LogP contribution in [0.4, 0.5) is 4.39 Å². The molecule has 0 aromatic heterocycles. The highest BCUT2D eigenvalue weighted by molar-refractivity contribution is 6.30. The van der Waals surface area contributed by atoms with E-state index in [4.69, 9.17) is 16.3 Å². The van der Waals surface area contributed by atoms with Gasteiger partial charge in [0.05, 0.1) is 6.61 Å². The lowest BCUT2D eigenvalue weighted by Crippen LogP contribution is -2.17. The van der Waals surface area contributed by atoms with E-state index >= 15 is 0 Å². The number of nitrogens with one attached hydrogen (secondary N) is 1. The van der Waals surface area contributed by atoms with E-state index in [1.165, 1.54) is 12.1 Å². The molecule has 1 N–H and O–H groups in total. The van der Waals surface area contributed by atoms with Crippen molar-refractivity contribution in [2.45, 2.75) is 26.3 Å². The van der Waals surface area contributed by atoms with Crippen LogP contribution in [0.3, 0.4) is 0 Å². The maximum atomic E-state index is 12.8. The molecule has 0 aliphatic carbocycles. The van der Waals surface area contributed by atoms with Crippen LogP contribution in [0.2, 0.25) is 5.02 Å². The number of hydrogen-bond acceptors (Lipinski definition) is 2. The minimum atomic E-state index is -0.201. The summed E-state index contributed by atoms with van der Waals surface area (Å²) < 4.78 is 18.6. The fraction of sp³-hybridized carbons (Fsp3) is 0.333. The first-order valence-corrected chi connectivity index (χ1v) is 7.93. The molecule has 0 amide bonds. The van der Waals surface area contributed by atoms with Crippen molar-refractivity contribution < 1.29 is 9.13 Å². The Hall–Kier alpha value is -1.58. The molecule has 2 aromatic rings. The van der Waals surface area contributed by atoms with Gasteiger partial charge in [-0.15, -0.1) is 0 Å². The summed E-state index contributed by atoms with van der Waals surface area (Å²) in [6.07, 6.45) is 1.83. The molecule has 0 aliphatic rings. The largest absolute Gasteiger partial charge is 0.493 e. The van der Waals surface area contributed by atoms with Crippen LogP contribution in [-0.4, -0.2) is 13.2 Å². The van der Waals surface area contributed by atoms with Gasteiger partial charge < -0.3 is 10.1 Å². The number of rotatable bonds is 8. The smallest absolute Gasteiger partial charge is 0.123 e. The van der Waals surface area contributed by atoms with Gasteiger partial charge in [0.25, 0.3) is 0 Å². The molecule has 0 saturated carbocycles. The summed E-state index contributed by atoms with van der Waals surface area (Å²) in [6, 6.07) is 12.3. The van der Waals surface area contributed by atoms with Crippen molar-refractivity contribution in [3.8, 4) is 5.75 Å². The molecule has 2 rings (SSSR count). The van der Waals surface area contributed by atoms with E-state index in [9.17, 15) is 4.39 Å². The maximum absolute atomic E-state index is 12.8. The Balaban J connectivity index is 1.85. The second-order valence-electron chi connectivity index (χ2n) is 5.15. The molecule has 0 heterocycles.